The summed E-state index contributed by atoms with van der Waals surface area (Å²) in [4.78, 5) is 0. The number of hydrogen-bond donors (Lipinski definition) is 0. The van der Waals surface area contributed by atoms with Crippen LogP contribution in [0.4, 0.5) is 13.2 Å². The lowest BCUT2D eigenvalue weighted by atomic mass is 9.77. The Labute approximate surface area is 162 Å². The van der Waals surface area contributed by atoms with Crippen LogP contribution in [0.2, 0.25) is 0 Å². The molecule has 1 aromatic rings. The van der Waals surface area contributed by atoms with Crippen LogP contribution >= 0.6 is 0 Å². The van der Waals surface area contributed by atoms with Gasteiger partial charge in [0.1, 0.15) is 5.82 Å². The fourth-order valence-electron chi connectivity index (χ4n) is 5.28. The molecule has 0 unspecified atom stereocenters. The van der Waals surface area contributed by atoms with Gasteiger partial charge in [-0.25, -0.2) is 13.2 Å². The average Bonchev–Trinajstić information content (AvgIpc) is 3.18. The van der Waals surface area contributed by atoms with Crippen LogP contribution in [0, 0.1) is 17.7 Å². The molecule has 0 amide bonds. The van der Waals surface area contributed by atoms with Gasteiger partial charge in [0.05, 0.1) is 5.56 Å². The van der Waals surface area contributed by atoms with Gasteiger partial charge in [-0.05, 0) is 55.1 Å². The van der Waals surface area contributed by atoms with Gasteiger partial charge in [-0.1, -0.05) is 76.3 Å². The minimum absolute atomic E-state index is 0.342. The predicted molar refractivity (Wildman–Crippen MR) is 106 cm³/mol. The smallest absolute Gasteiger partial charge is 0.206 e. The van der Waals surface area contributed by atoms with Crippen molar-refractivity contribution in [3.8, 4) is 0 Å². The normalized spacial score (nSPS) is 24.0. The van der Waals surface area contributed by atoms with Crippen LogP contribution in [0.1, 0.15) is 113 Å². The Bertz CT molecular complexity index is 555. The van der Waals surface area contributed by atoms with E-state index < -0.39 is 17.8 Å². The highest BCUT2D eigenvalue weighted by atomic mass is 19.3. The number of benzene rings is 1. The Morgan fingerprint density at radius 3 is 1.93 bits per heavy atom. The molecule has 152 valence electrons. The molecule has 0 nitrogen and oxygen atoms in total. The highest BCUT2D eigenvalue weighted by molar-refractivity contribution is 5.28. The van der Waals surface area contributed by atoms with E-state index in [1.54, 1.807) is 6.07 Å². The molecule has 2 saturated carbocycles. The van der Waals surface area contributed by atoms with Crippen LogP contribution in [0.5, 0.6) is 0 Å². The molecule has 0 aromatic heterocycles. The first kappa shape index (κ1) is 20.7. The number of halogens is 3. The summed E-state index contributed by atoms with van der Waals surface area (Å²) >= 11 is 0. The zero-order valence-electron chi connectivity index (χ0n) is 16.6. The summed E-state index contributed by atoms with van der Waals surface area (Å²) in [5.41, 5.74) is 0.433. The largest absolute Gasteiger partial charge is 0.266 e. The molecule has 0 saturated heterocycles. The second-order valence-electron chi connectivity index (χ2n) is 8.94. The van der Waals surface area contributed by atoms with Crippen LogP contribution < -0.4 is 0 Å². The lowest BCUT2D eigenvalue weighted by Gasteiger charge is -2.29. The third-order valence-corrected chi connectivity index (χ3v) is 7.03. The van der Waals surface area contributed by atoms with E-state index in [0.717, 1.165) is 30.2 Å². The van der Waals surface area contributed by atoms with Crippen molar-refractivity contribution in [1.29, 1.82) is 0 Å². The fraction of sp³-hybridized carbons (Fsp3) is 0.750. The quantitative estimate of drug-likeness (QED) is 0.376. The van der Waals surface area contributed by atoms with E-state index in [-0.39, 0.29) is 0 Å². The third kappa shape index (κ3) is 6.26. The topological polar surface area (TPSA) is 0 Å². The van der Waals surface area contributed by atoms with Crippen LogP contribution in [0.15, 0.2) is 18.2 Å². The second kappa shape index (κ2) is 10.5. The number of rotatable bonds is 9. The fourth-order valence-corrected chi connectivity index (χ4v) is 5.28. The van der Waals surface area contributed by atoms with Crippen molar-refractivity contribution in [1.82, 2.24) is 0 Å². The summed E-state index contributed by atoms with van der Waals surface area (Å²) in [7, 11) is 0. The molecule has 1 aromatic carbocycles. The molecule has 0 aliphatic heterocycles. The van der Waals surface area contributed by atoms with Gasteiger partial charge in [0.2, 0.25) is 0 Å². The van der Waals surface area contributed by atoms with Gasteiger partial charge in [-0.15, -0.1) is 0 Å². The van der Waals surface area contributed by atoms with E-state index >= 15 is 0 Å². The third-order valence-electron chi connectivity index (χ3n) is 7.03. The van der Waals surface area contributed by atoms with Crippen molar-refractivity contribution in [2.24, 2.45) is 11.8 Å². The van der Waals surface area contributed by atoms with Gasteiger partial charge in [0.15, 0.2) is 0 Å². The number of hydrogen-bond acceptors (Lipinski definition) is 0. The van der Waals surface area contributed by atoms with Crippen molar-refractivity contribution in [3.05, 3.63) is 35.1 Å². The maximum Gasteiger partial charge on any atom is 0.266 e. The van der Waals surface area contributed by atoms with Gasteiger partial charge in [-0.3, -0.25) is 0 Å². The van der Waals surface area contributed by atoms with E-state index in [4.69, 9.17) is 0 Å². The molecular weight excluding hydrogens is 345 g/mol. The summed E-state index contributed by atoms with van der Waals surface area (Å²) in [5.74, 6) is 1.43. The van der Waals surface area contributed by atoms with E-state index in [2.05, 4.69) is 0 Å². The molecule has 27 heavy (non-hydrogen) atoms. The molecule has 0 spiro atoms. The Balaban J connectivity index is 1.30. The lowest BCUT2D eigenvalue weighted by molar-refractivity contribution is 0.146. The Kier molecular flexibility index (Phi) is 8.08. The first-order valence-corrected chi connectivity index (χ1v) is 11.2. The minimum atomic E-state index is -2.73. The summed E-state index contributed by atoms with van der Waals surface area (Å²) in [5, 5.41) is 0. The second-order valence-corrected chi connectivity index (χ2v) is 8.94. The molecule has 2 fully saturated rings. The van der Waals surface area contributed by atoms with E-state index in [0.29, 0.717) is 5.92 Å². The standard InChI is InChI=1S/C24H35F3/c25-23-17-21(15-16-22(23)24(26)27)20-13-11-19(12-14-20)8-4-2-1-3-7-18-9-5-6-10-18/h15-20,24H,1-14H2. The summed E-state index contributed by atoms with van der Waals surface area (Å²) in [6.07, 6.45) is 16.0. The molecule has 2 aliphatic rings. The zero-order valence-corrected chi connectivity index (χ0v) is 16.6. The summed E-state index contributed by atoms with van der Waals surface area (Å²) in [6, 6.07) is 4.32. The predicted octanol–water partition coefficient (Wildman–Crippen LogP) is 8.57. The van der Waals surface area contributed by atoms with Crippen LogP contribution in [0.3, 0.4) is 0 Å². The Hall–Kier alpha value is -0.990. The zero-order chi connectivity index (χ0) is 19.1. The van der Waals surface area contributed by atoms with E-state index in [1.807, 2.05) is 0 Å². The van der Waals surface area contributed by atoms with E-state index in [9.17, 15) is 13.2 Å². The maximum absolute atomic E-state index is 13.8. The average molecular weight is 381 g/mol. The Morgan fingerprint density at radius 1 is 0.778 bits per heavy atom. The van der Waals surface area contributed by atoms with Crippen molar-refractivity contribution >= 4 is 0 Å². The van der Waals surface area contributed by atoms with E-state index in [1.165, 1.54) is 89.2 Å². The monoisotopic (exact) mass is 380 g/mol. The summed E-state index contributed by atoms with van der Waals surface area (Å²) < 4.78 is 39.2. The van der Waals surface area contributed by atoms with Gasteiger partial charge in [0.25, 0.3) is 6.43 Å². The molecule has 0 atom stereocenters. The molecule has 0 bridgehead atoms. The maximum atomic E-state index is 13.8. The molecule has 0 N–H and O–H groups in total. The van der Waals surface area contributed by atoms with Crippen LogP contribution in [0.25, 0.3) is 0 Å². The summed E-state index contributed by atoms with van der Waals surface area (Å²) in [6.45, 7) is 0. The minimum Gasteiger partial charge on any atom is -0.206 e. The molecule has 3 heteroatoms. The molecule has 0 radical (unpaired) electrons. The highest BCUT2D eigenvalue weighted by Crippen LogP contribution is 2.39. The van der Waals surface area contributed by atoms with Gasteiger partial charge in [-0.2, -0.15) is 0 Å². The van der Waals surface area contributed by atoms with Crippen LogP contribution in [-0.4, -0.2) is 0 Å². The first-order chi connectivity index (χ1) is 13.1. The molecule has 0 heterocycles. The lowest BCUT2D eigenvalue weighted by Crippen LogP contribution is -2.13. The number of unbranched alkanes of at least 4 members (excludes halogenated alkanes) is 3. The van der Waals surface area contributed by atoms with Crippen LogP contribution in [-0.2, 0) is 0 Å². The first-order valence-electron chi connectivity index (χ1n) is 11.2. The Morgan fingerprint density at radius 2 is 1.37 bits per heavy atom. The molecular formula is C24H35F3. The molecule has 2 aliphatic carbocycles. The number of alkyl halides is 2. The van der Waals surface area contributed by atoms with Gasteiger partial charge in [0, 0.05) is 0 Å². The van der Waals surface area contributed by atoms with Crippen molar-refractivity contribution in [3.63, 3.8) is 0 Å². The SMILES string of the molecule is Fc1cc(C2CCC(CCCCCCC3CCCC3)CC2)ccc1C(F)F. The van der Waals surface area contributed by atoms with Gasteiger partial charge < -0.3 is 0 Å². The van der Waals surface area contributed by atoms with Gasteiger partial charge >= 0.3 is 0 Å². The van der Waals surface area contributed by atoms with Crippen molar-refractivity contribution < 1.29 is 13.2 Å². The molecule has 3 rings (SSSR count). The van der Waals surface area contributed by atoms with Crippen molar-refractivity contribution in [2.75, 3.05) is 0 Å². The highest BCUT2D eigenvalue weighted by Gasteiger charge is 2.23. The van der Waals surface area contributed by atoms with Crippen molar-refractivity contribution in [2.45, 2.75) is 102 Å².